The molecule has 3 N–H and O–H groups in total. The van der Waals surface area contributed by atoms with E-state index < -0.39 is 79.5 Å². The molecule has 3 aromatic rings. The molecule has 4 rings (SSSR count). The summed E-state index contributed by atoms with van der Waals surface area (Å²) in [6.45, 7) is 13.7. The van der Waals surface area contributed by atoms with E-state index in [1.807, 2.05) is 5.32 Å². The molecule has 6 atom stereocenters. The number of nitrogens with zero attached hydrogens (tertiary/aromatic N) is 2. The average Bonchev–Trinajstić information content (AvgIpc) is 3.87. The van der Waals surface area contributed by atoms with Gasteiger partial charge in [0.25, 0.3) is 0 Å². The number of alkyl carbamates (subject to hydrolysis) is 1. The van der Waals surface area contributed by atoms with Gasteiger partial charge in [0.05, 0.1) is 17.1 Å². The van der Waals surface area contributed by atoms with E-state index in [1.54, 1.807) is 73.9 Å². The fourth-order valence-corrected chi connectivity index (χ4v) is 7.42. The van der Waals surface area contributed by atoms with E-state index in [4.69, 9.17) is 19.2 Å². The number of hydrogen-bond donors (Lipinski definition) is 3. The van der Waals surface area contributed by atoms with Crippen LogP contribution in [0.3, 0.4) is 0 Å². The third kappa shape index (κ3) is 13.6. The minimum absolute atomic E-state index is 0.0127. The quantitative estimate of drug-likeness (QED) is 0.0475. The predicted octanol–water partition coefficient (Wildman–Crippen LogP) is 8.70. The van der Waals surface area contributed by atoms with Gasteiger partial charge in [0, 0.05) is 38.6 Å². The lowest BCUT2D eigenvalue weighted by Crippen LogP contribution is -2.51. The molecule has 314 valence electrons. The van der Waals surface area contributed by atoms with E-state index in [0.717, 1.165) is 25.8 Å². The minimum Gasteiger partial charge on any atom is -0.598 e. The van der Waals surface area contributed by atoms with Crippen LogP contribution in [0.1, 0.15) is 76.5 Å². The maximum atomic E-state index is 14.2. The van der Waals surface area contributed by atoms with Crippen molar-refractivity contribution in [1.29, 1.82) is 0 Å². The van der Waals surface area contributed by atoms with Crippen molar-refractivity contribution < 1.29 is 49.9 Å². The van der Waals surface area contributed by atoms with Crippen molar-refractivity contribution in [3.63, 3.8) is 0 Å². The highest BCUT2D eigenvalue weighted by molar-refractivity contribution is 7.90. The number of imidazole rings is 1. The Bertz CT molecular complexity index is 1720. The van der Waals surface area contributed by atoms with Crippen molar-refractivity contribution in [3.05, 3.63) is 65.5 Å². The lowest BCUT2D eigenvalue weighted by molar-refractivity contribution is -0.227. The van der Waals surface area contributed by atoms with E-state index >= 15 is 0 Å². The zero-order valence-corrected chi connectivity index (χ0v) is 35.0. The van der Waals surface area contributed by atoms with Crippen molar-refractivity contribution in [2.45, 2.75) is 134 Å². The minimum atomic E-state index is -4.78. The normalized spacial score (nSPS) is 17.6. The van der Waals surface area contributed by atoms with Crippen LogP contribution in [0.2, 0.25) is 25.7 Å². The van der Waals surface area contributed by atoms with Crippen LogP contribution in [-0.2, 0) is 38.9 Å². The molecular weight excluding hydrogens is 781 g/mol. The first-order valence-corrected chi connectivity index (χ1v) is 23.5. The Morgan fingerprint density at radius 2 is 1.68 bits per heavy atom. The van der Waals surface area contributed by atoms with Crippen LogP contribution < -0.4 is 15.4 Å². The van der Waals surface area contributed by atoms with E-state index in [1.165, 1.54) is 6.92 Å². The molecular formula is C38H55F6N5O5SSi. The largest absolute Gasteiger partial charge is 0.598 e. The molecule has 1 aliphatic carbocycles. The van der Waals surface area contributed by atoms with Gasteiger partial charge in [-0.05, 0) is 82.7 Å². The topological polar surface area (TPSA) is 122 Å². The molecule has 0 radical (unpaired) electrons. The predicted molar refractivity (Wildman–Crippen MR) is 207 cm³/mol. The third-order valence-corrected chi connectivity index (χ3v) is 12.6. The summed E-state index contributed by atoms with van der Waals surface area (Å²) < 4.78 is 118. The maximum Gasteiger partial charge on any atom is 0.414 e. The van der Waals surface area contributed by atoms with E-state index in [0.29, 0.717) is 28.8 Å². The second kappa shape index (κ2) is 18.8. The number of alkyl halides is 6. The number of aromatic nitrogens is 2. The Kier molecular flexibility index (Phi) is 15.4. The fourth-order valence-electron chi connectivity index (χ4n) is 5.78. The van der Waals surface area contributed by atoms with E-state index in [2.05, 4.69) is 29.7 Å². The maximum absolute atomic E-state index is 14.2. The van der Waals surface area contributed by atoms with Gasteiger partial charge >= 0.3 is 18.4 Å². The van der Waals surface area contributed by atoms with Gasteiger partial charge in [-0.2, -0.15) is 26.3 Å². The molecule has 1 saturated carbocycles. The molecule has 18 heteroatoms. The molecule has 1 aromatic heterocycles. The number of ether oxygens (including phenoxy) is 3. The standard InChI is InChI=1S/C38H55F6N5O5SSi/c1-24(54-25(2)37(39,40)41)32(48-55(51)36(3,4)5)34-46-29-20-28(16-17-30(29)49(34)23-52-18-19-56(6,7)8)33(27-14-15-27)45-21-31(38(42,43)44)47-35(50)53-22-26-12-10-9-11-13-26/h9-13,16-17,20,24-25,27,31-33,45,48H,14-15,18-19,21-23H2,1-8H3,(H,47,50)/t24-,25-,31+,32+,33-,55?/m1/s1. The molecule has 1 heterocycles. The Morgan fingerprint density at radius 1 is 1.02 bits per heavy atom. The summed E-state index contributed by atoms with van der Waals surface area (Å²) >= 11 is -1.75. The van der Waals surface area contributed by atoms with Crippen molar-refractivity contribution in [3.8, 4) is 0 Å². The van der Waals surface area contributed by atoms with Crippen molar-refractivity contribution in [2.75, 3.05) is 13.2 Å². The van der Waals surface area contributed by atoms with Crippen LogP contribution in [-0.4, -0.2) is 76.8 Å². The first-order chi connectivity index (χ1) is 25.9. The fraction of sp³-hybridized carbons (Fsp3) is 0.632. The number of fused-ring (bicyclic) bond motifs is 1. The molecule has 0 spiro atoms. The van der Waals surface area contributed by atoms with E-state index in [-0.39, 0.29) is 25.1 Å². The lowest BCUT2D eigenvalue weighted by atomic mass is 10.0. The number of amides is 1. The highest BCUT2D eigenvalue weighted by Gasteiger charge is 2.44. The number of carbonyl (C=O) groups is 1. The number of nitrogens with one attached hydrogen (secondary N) is 3. The average molecular weight is 836 g/mol. The van der Waals surface area contributed by atoms with Gasteiger partial charge in [-0.3, -0.25) is 0 Å². The van der Waals surface area contributed by atoms with Gasteiger partial charge in [-0.1, -0.05) is 56.0 Å². The first kappa shape index (κ1) is 45.8. The number of rotatable bonds is 19. The van der Waals surface area contributed by atoms with Gasteiger partial charge in [0.15, 0.2) is 6.10 Å². The summed E-state index contributed by atoms with van der Waals surface area (Å²) in [5, 5.41) is 4.97. The van der Waals surface area contributed by atoms with Crippen molar-refractivity contribution >= 4 is 36.6 Å². The van der Waals surface area contributed by atoms with Gasteiger partial charge in [0.1, 0.15) is 36.0 Å². The van der Waals surface area contributed by atoms with Crippen LogP contribution in [0.4, 0.5) is 31.1 Å². The summed E-state index contributed by atoms with van der Waals surface area (Å²) in [5.74, 6) is 0.245. The van der Waals surface area contributed by atoms with Crippen LogP contribution in [0.25, 0.3) is 11.0 Å². The molecule has 10 nitrogen and oxygen atoms in total. The Labute approximate surface area is 329 Å². The van der Waals surface area contributed by atoms with Gasteiger partial charge in [-0.15, -0.1) is 4.72 Å². The zero-order valence-electron chi connectivity index (χ0n) is 33.1. The monoisotopic (exact) mass is 835 g/mol. The Balaban J connectivity index is 1.66. The number of halogens is 6. The van der Waals surface area contributed by atoms with Crippen molar-refractivity contribution in [2.24, 2.45) is 5.92 Å². The molecule has 1 fully saturated rings. The Morgan fingerprint density at radius 3 is 2.25 bits per heavy atom. The molecule has 56 heavy (non-hydrogen) atoms. The van der Waals surface area contributed by atoms with Gasteiger partial charge in [-0.25, -0.2) is 9.78 Å². The summed E-state index contributed by atoms with van der Waals surface area (Å²) in [7, 11) is -1.48. The molecule has 0 bridgehead atoms. The highest BCUT2D eigenvalue weighted by atomic mass is 32.2. The number of benzene rings is 2. The first-order valence-electron chi connectivity index (χ1n) is 18.7. The molecule has 1 aliphatic rings. The van der Waals surface area contributed by atoms with Gasteiger partial charge < -0.3 is 34.0 Å². The lowest BCUT2D eigenvalue weighted by Gasteiger charge is -2.32. The highest BCUT2D eigenvalue weighted by Crippen LogP contribution is 2.42. The SMILES string of the molecule is C[C@@H](O[C@H](C)C(F)(F)F)[C@H](N[S+]([O-])C(C)(C)C)c1nc2cc([C@H](NC[C@H](NC(=O)OCc3ccccc3)C(F)(F)F)C3CC3)ccc2n1COCC[Si](C)(C)C. The number of carbonyl (C=O) groups excluding carboxylic acids is 1. The summed E-state index contributed by atoms with van der Waals surface area (Å²) in [5.41, 5.74) is 2.24. The second-order valence-corrected chi connectivity index (χ2v) is 24.1. The van der Waals surface area contributed by atoms with Crippen LogP contribution in [0.5, 0.6) is 0 Å². The molecule has 0 saturated heterocycles. The van der Waals surface area contributed by atoms with Crippen molar-refractivity contribution in [1.82, 2.24) is 24.9 Å². The molecule has 0 aliphatic heterocycles. The molecule has 1 amide bonds. The van der Waals surface area contributed by atoms with E-state index in [9.17, 15) is 35.7 Å². The summed E-state index contributed by atoms with van der Waals surface area (Å²) in [4.78, 5) is 17.3. The smallest absolute Gasteiger partial charge is 0.414 e. The van der Waals surface area contributed by atoms with Crippen LogP contribution in [0, 0.1) is 5.92 Å². The van der Waals surface area contributed by atoms with Crippen LogP contribution >= 0.6 is 0 Å². The molecule has 2 aromatic carbocycles. The summed E-state index contributed by atoms with van der Waals surface area (Å²) in [6, 6.07) is 10.8. The Hall–Kier alpha value is -2.87. The second-order valence-electron chi connectivity index (χ2n) is 16.5. The zero-order chi connectivity index (χ0) is 41.6. The number of hydrogen-bond acceptors (Lipinski definition) is 8. The van der Waals surface area contributed by atoms with Gasteiger partial charge in [0.2, 0.25) is 0 Å². The van der Waals surface area contributed by atoms with Crippen LogP contribution in [0.15, 0.2) is 48.5 Å². The third-order valence-electron chi connectivity index (χ3n) is 9.33. The molecule has 1 unspecified atom stereocenters. The summed E-state index contributed by atoms with van der Waals surface area (Å²) in [6.07, 6.45) is -12.4.